The second kappa shape index (κ2) is 7.77. The Morgan fingerprint density at radius 1 is 1.36 bits per heavy atom. The Balaban J connectivity index is 1.63. The van der Waals surface area contributed by atoms with Crippen LogP contribution in [0.1, 0.15) is 34.9 Å². The molecule has 1 saturated carbocycles. The number of allylic oxidation sites excluding steroid dienone is 1. The molecule has 0 spiro atoms. The SMILES string of the molecule is C=CCn1c(SCC(=O)c2ccc(OC(F)F)cc2)nnc1C1CC1. The lowest BCUT2D eigenvalue weighted by Gasteiger charge is -2.07. The van der Waals surface area contributed by atoms with Gasteiger partial charge in [0.05, 0.1) is 5.75 Å². The molecular formula is C17H17F2N3O2S. The van der Waals surface area contributed by atoms with Gasteiger partial charge < -0.3 is 9.30 Å². The van der Waals surface area contributed by atoms with Gasteiger partial charge in [0.25, 0.3) is 0 Å². The highest BCUT2D eigenvalue weighted by atomic mass is 32.2. The van der Waals surface area contributed by atoms with Gasteiger partial charge in [0.1, 0.15) is 11.6 Å². The molecule has 0 amide bonds. The van der Waals surface area contributed by atoms with Gasteiger partial charge in [-0.15, -0.1) is 16.8 Å². The minimum atomic E-state index is -2.88. The first-order chi connectivity index (χ1) is 12.1. The molecule has 1 aliphatic rings. The van der Waals surface area contributed by atoms with Crippen LogP contribution in [0.5, 0.6) is 5.75 Å². The number of carbonyl (C=O) groups is 1. The van der Waals surface area contributed by atoms with Crippen molar-refractivity contribution < 1.29 is 18.3 Å². The topological polar surface area (TPSA) is 57.0 Å². The lowest BCUT2D eigenvalue weighted by molar-refractivity contribution is -0.0498. The van der Waals surface area contributed by atoms with Gasteiger partial charge >= 0.3 is 6.61 Å². The Labute approximate surface area is 148 Å². The van der Waals surface area contributed by atoms with Gasteiger partial charge in [-0.1, -0.05) is 17.8 Å². The molecule has 0 aliphatic heterocycles. The smallest absolute Gasteiger partial charge is 0.387 e. The highest BCUT2D eigenvalue weighted by Gasteiger charge is 2.30. The Bertz CT molecular complexity index is 758. The van der Waals surface area contributed by atoms with E-state index in [0.29, 0.717) is 23.2 Å². The van der Waals surface area contributed by atoms with Gasteiger partial charge in [0.2, 0.25) is 0 Å². The number of hydrogen-bond donors (Lipinski definition) is 0. The van der Waals surface area contributed by atoms with Gasteiger partial charge in [-0.2, -0.15) is 8.78 Å². The number of nitrogens with zero attached hydrogens (tertiary/aromatic N) is 3. The molecule has 1 fully saturated rings. The summed E-state index contributed by atoms with van der Waals surface area (Å²) in [5.41, 5.74) is 0.436. The second-order valence-corrected chi connectivity index (χ2v) is 6.57. The van der Waals surface area contributed by atoms with E-state index in [1.807, 2.05) is 4.57 Å². The van der Waals surface area contributed by atoms with E-state index in [2.05, 4.69) is 21.5 Å². The molecule has 0 radical (unpaired) electrons. The third-order valence-electron chi connectivity index (χ3n) is 3.73. The van der Waals surface area contributed by atoms with E-state index in [1.165, 1.54) is 36.0 Å². The maximum absolute atomic E-state index is 12.3. The Morgan fingerprint density at radius 2 is 2.08 bits per heavy atom. The van der Waals surface area contributed by atoms with Crippen LogP contribution in [0, 0.1) is 0 Å². The molecule has 3 rings (SSSR count). The number of ketones is 1. The summed E-state index contributed by atoms with van der Waals surface area (Å²) in [4.78, 5) is 12.3. The first-order valence-electron chi connectivity index (χ1n) is 7.83. The largest absolute Gasteiger partial charge is 0.435 e. The summed E-state index contributed by atoms with van der Waals surface area (Å²) < 4.78 is 30.5. The van der Waals surface area contributed by atoms with E-state index in [9.17, 15) is 13.6 Å². The first kappa shape index (κ1) is 17.6. The normalized spacial score (nSPS) is 13.9. The number of halogens is 2. The van der Waals surface area contributed by atoms with Crippen LogP contribution < -0.4 is 4.74 Å². The van der Waals surface area contributed by atoms with Crippen molar-refractivity contribution >= 4 is 17.5 Å². The lowest BCUT2D eigenvalue weighted by atomic mass is 10.1. The predicted molar refractivity (Wildman–Crippen MR) is 90.3 cm³/mol. The third-order valence-corrected chi connectivity index (χ3v) is 4.70. The summed E-state index contributed by atoms with van der Waals surface area (Å²) in [6.45, 7) is 1.48. The number of hydrogen-bond acceptors (Lipinski definition) is 5. The maximum Gasteiger partial charge on any atom is 0.387 e. The highest BCUT2D eigenvalue weighted by Crippen LogP contribution is 2.40. The number of Topliss-reactive ketones (excluding diaryl/α,β-unsaturated/α-hetero) is 1. The van der Waals surface area contributed by atoms with Gasteiger partial charge in [-0.05, 0) is 37.1 Å². The molecule has 1 aromatic carbocycles. The maximum atomic E-state index is 12.3. The first-order valence-corrected chi connectivity index (χ1v) is 8.82. The van der Waals surface area contributed by atoms with Crippen LogP contribution in [0.15, 0.2) is 42.1 Å². The van der Waals surface area contributed by atoms with Crippen LogP contribution in [0.2, 0.25) is 0 Å². The van der Waals surface area contributed by atoms with E-state index < -0.39 is 6.61 Å². The molecule has 0 bridgehead atoms. The molecule has 0 atom stereocenters. The molecule has 0 saturated heterocycles. The number of carbonyl (C=O) groups excluding carboxylic acids is 1. The number of rotatable bonds is 9. The van der Waals surface area contributed by atoms with Crippen molar-refractivity contribution in [3.05, 3.63) is 48.3 Å². The molecule has 8 heteroatoms. The molecule has 25 heavy (non-hydrogen) atoms. The average Bonchev–Trinajstić information content (AvgIpc) is 3.35. The summed E-state index contributed by atoms with van der Waals surface area (Å²) in [5.74, 6) is 1.51. The average molecular weight is 365 g/mol. The van der Waals surface area contributed by atoms with Crippen LogP contribution in [0.25, 0.3) is 0 Å². The Morgan fingerprint density at radius 3 is 2.68 bits per heavy atom. The Kier molecular flexibility index (Phi) is 5.47. The minimum Gasteiger partial charge on any atom is -0.435 e. The fourth-order valence-electron chi connectivity index (χ4n) is 2.39. The van der Waals surface area contributed by atoms with Crippen molar-refractivity contribution in [1.29, 1.82) is 0 Å². The number of ether oxygens (including phenoxy) is 1. The van der Waals surface area contributed by atoms with Crippen molar-refractivity contribution in [2.45, 2.75) is 37.1 Å². The molecular weight excluding hydrogens is 348 g/mol. The quantitative estimate of drug-likeness (QED) is 0.383. The summed E-state index contributed by atoms with van der Waals surface area (Å²) in [6.07, 6.45) is 4.01. The van der Waals surface area contributed by atoms with Crippen LogP contribution >= 0.6 is 11.8 Å². The van der Waals surface area contributed by atoms with Crippen LogP contribution in [0.3, 0.4) is 0 Å². The zero-order valence-corrected chi connectivity index (χ0v) is 14.2. The van der Waals surface area contributed by atoms with E-state index >= 15 is 0 Å². The molecule has 5 nitrogen and oxygen atoms in total. The van der Waals surface area contributed by atoms with E-state index in [-0.39, 0.29) is 17.3 Å². The van der Waals surface area contributed by atoms with Crippen molar-refractivity contribution in [3.8, 4) is 5.75 Å². The number of thioether (sulfide) groups is 1. The van der Waals surface area contributed by atoms with Gasteiger partial charge in [0, 0.05) is 18.0 Å². The molecule has 2 aromatic rings. The molecule has 1 heterocycles. The Hall–Kier alpha value is -2.22. The zero-order chi connectivity index (χ0) is 17.8. The third kappa shape index (κ3) is 4.45. The standard InChI is InChI=1S/C17H17F2N3O2S/c1-2-9-22-15(12-3-4-12)20-21-17(22)25-10-14(23)11-5-7-13(8-6-11)24-16(18)19/h2,5-8,12,16H,1,3-4,9-10H2. The summed E-state index contributed by atoms with van der Waals surface area (Å²) in [6, 6.07) is 5.67. The number of alkyl halides is 2. The van der Waals surface area contributed by atoms with Crippen molar-refractivity contribution in [1.82, 2.24) is 14.8 Å². The number of benzene rings is 1. The van der Waals surface area contributed by atoms with E-state index in [0.717, 1.165) is 18.7 Å². The van der Waals surface area contributed by atoms with Crippen LogP contribution in [0.4, 0.5) is 8.78 Å². The fourth-order valence-corrected chi connectivity index (χ4v) is 3.24. The predicted octanol–water partition coefficient (Wildman–Crippen LogP) is 3.92. The van der Waals surface area contributed by atoms with Crippen molar-refractivity contribution in [2.75, 3.05) is 5.75 Å². The zero-order valence-electron chi connectivity index (χ0n) is 13.4. The molecule has 1 aromatic heterocycles. The molecule has 1 aliphatic carbocycles. The van der Waals surface area contributed by atoms with Crippen LogP contribution in [-0.4, -0.2) is 32.9 Å². The van der Waals surface area contributed by atoms with Crippen LogP contribution in [-0.2, 0) is 6.54 Å². The van der Waals surface area contributed by atoms with E-state index in [4.69, 9.17) is 0 Å². The number of aromatic nitrogens is 3. The van der Waals surface area contributed by atoms with Gasteiger partial charge in [0.15, 0.2) is 10.9 Å². The van der Waals surface area contributed by atoms with Gasteiger partial charge in [-0.3, -0.25) is 4.79 Å². The summed E-state index contributed by atoms with van der Waals surface area (Å²) in [5, 5.41) is 9.10. The fraction of sp³-hybridized carbons (Fsp3) is 0.353. The highest BCUT2D eigenvalue weighted by molar-refractivity contribution is 7.99. The van der Waals surface area contributed by atoms with Crippen molar-refractivity contribution in [3.63, 3.8) is 0 Å². The lowest BCUT2D eigenvalue weighted by Crippen LogP contribution is -2.07. The summed E-state index contributed by atoms with van der Waals surface area (Å²) >= 11 is 1.31. The molecule has 0 unspecified atom stereocenters. The minimum absolute atomic E-state index is 0.0269. The van der Waals surface area contributed by atoms with E-state index in [1.54, 1.807) is 6.08 Å². The van der Waals surface area contributed by atoms with Crippen molar-refractivity contribution in [2.24, 2.45) is 0 Å². The molecule has 0 N–H and O–H groups in total. The van der Waals surface area contributed by atoms with Gasteiger partial charge in [-0.25, -0.2) is 0 Å². The molecule has 132 valence electrons. The summed E-state index contributed by atoms with van der Waals surface area (Å²) in [7, 11) is 0. The monoisotopic (exact) mass is 365 g/mol. The second-order valence-electron chi connectivity index (χ2n) is 5.63.